The average Bonchev–Trinajstić information content (AvgIpc) is 3.06. The second kappa shape index (κ2) is 4.01. The number of carbonyl (C=O) groups is 1. The topological polar surface area (TPSA) is 53.1 Å². The van der Waals surface area contributed by atoms with E-state index in [9.17, 15) is 4.79 Å². The zero-order valence-corrected chi connectivity index (χ0v) is 8.09. The van der Waals surface area contributed by atoms with Crippen LogP contribution in [0.1, 0.15) is 0 Å². The quantitative estimate of drug-likeness (QED) is 0.681. The Morgan fingerprint density at radius 2 is 2.27 bits per heavy atom. The van der Waals surface area contributed by atoms with Gasteiger partial charge in [-0.1, -0.05) is 18.2 Å². The monoisotopic (exact) mass is 202 g/mol. The fraction of sp³-hybridized carbons (Fsp3) is 0.273. The standard InChI is InChI=1S/C11H10N2O2/c12-6-9-7-13(9)11(14)8-15-10-4-2-1-3-5-10/h1-5,9H,7-8H2. The van der Waals surface area contributed by atoms with Crippen LogP contribution in [-0.4, -0.2) is 30.0 Å². The molecule has 15 heavy (non-hydrogen) atoms. The number of carbonyl (C=O) groups excluding carboxylic acids is 1. The lowest BCUT2D eigenvalue weighted by Gasteiger charge is -2.05. The van der Waals surface area contributed by atoms with Gasteiger partial charge in [0.15, 0.2) is 6.61 Å². The zero-order valence-electron chi connectivity index (χ0n) is 8.09. The van der Waals surface area contributed by atoms with E-state index in [4.69, 9.17) is 10.00 Å². The van der Waals surface area contributed by atoms with E-state index in [0.29, 0.717) is 12.3 Å². The van der Waals surface area contributed by atoms with Crippen LogP contribution in [0.15, 0.2) is 30.3 Å². The van der Waals surface area contributed by atoms with Crippen LogP contribution < -0.4 is 4.74 Å². The van der Waals surface area contributed by atoms with Gasteiger partial charge in [0.1, 0.15) is 11.8 Å². The highest BCUT2D eigenvalue weighted by molar-refractivity contribution is 5.81. The maximum absolute atomic E-state index is 11.4. The first-order chi connectivity index (χ1) is 7.31. The van der Waals surface area contributed by atoms with E-state index < -0.39 is 0 Å². The highest BCUT2D eigenvalue weighted by Crippen LogP contribution is 2.16. The van der Waals surface area contributed by atoms with Crippen LogP contribution in [-0.2, 0) is 4.79 Å². The molecule has 76 valence electrons. The first-order valence-electron chi connectivity index (χ1n) is 4.68. The van der Waals surface area contributed by atoms with Crippen LogP contribution in [0, 0.1) is 11.3 Å². The van der Waals surface area contributed by atoms with Crippen molar-refractivity contribution >= 4 is 5.91 Å². The second-order valence-electron chi connectivity index (χ2n) is 3.29. The van der Waals surface area contributed by atoms with Gasteiger partial charge in [0.2, 0.25) is 0 Å². The van der Waals surface area contributed by atoms with E-state index in [1.807, 2.05) is 24.3 Å². The first-order valence-corrected chi connectivity index (χ1v) is 4.68. The number of rotatable bonds is 3. The van der Waals surface area contributed by atoms with Crippen LogP contribution in [0.25, 0.3) is 0 Å². The molecule has 0 radical (unpaired) electrons. The molecule has 1 aliphatic rings. The Morgan fingerprint density at radius 3 is 2.87 bits per heavy atom. The summed E-state index contributed by atoms with van der Waals surface area (Å²) in [6.07, 6.45) is 0. The maximum atomic E-state index is 11.4. The molecule has 0 saturated carbocycles. The lowest BCUT2D eigenvalue weighted by atomic mass is 10.3. The Hall–Kier alpha value is -2.02. The number of hydrogen-bond acceptors (Lipinski definition) is 3. The summed E-state index contributed by atoms with van der Waals surface area (Å²) in [5.41, 5.74) is 0. The van der Waals surface area contributed by atoms with Crippen LogP contribution in [0.3, 0.4) is 0 Å². The highest BCUT2D eigenvalue weighted by atomic mass is 16.5. The Bertz CT molecular complexity index is 397. The van der Waals surface area contributed by atoms with Crippen LogP contribution in [0.4, 0.5) is 0 Å². The van der Waals surface area contributed by atoms with Gasteiger partial charge in [0.25, 0.3) is 5.91 Å². The molecule has 0 aliphatic carbocycles. The third-order valence-corrected chi connectivity index (χ3v) is 2.19. The summed E-state index contributed by atoms with van der Waals surface area (Å²) in [6, 6.07) is 10.9. The SMILES string of the molecule is N#CC1CN1C(=O)COc1ccccc1. The molecule has 4 nitrogen and oxygen atoms in total. The molecule has 1 aromatic rings. The molecular formula is C11H10N2O2. The number of para-hydroxylation sites is 1. The minimum absolute atomic E-state index is 0.00218. The van der Waals surface area contributed by atoms with Gasteiger partial charge in [-0.05, 0) is 12.1 Å². The Morgan fingerprint density at radius 1 is 1.53 bits per heavy atom. The van der Waals surface area contributed by atoms with Gasteiger partial charge in [-0.15, -0.1) is 0 Å². The minimum atomic E-state index is -0.239. The summed E-state index contributed by atoms with van der Waals surface area (Å²) < 4.78 is 5.26. The third-order valence-electron chi connectivity index (χ3n) is 2.19. The number of amides is 1. The third kappa shape index (κ3) is 2.26. The molecule has 1 atom stereocenters. The van der Waals surface area contributed by atoms with Crippen molar-refractivity contribution in [2.45, 2.75) is 6.04 Å². The smallest absolute Gasteiger partial charge is 0.261 e. The van der Waals surface area contributed by atoms with Crippen molar-refractivity contribution in [3.63, 3.8) is 0 Å². The predicted molar refractivity (Wildman–Crippen MR) is 53.1 cm³/mol. The Kier molecular flexibility index (Phi) is 2.55. The molecule has 1 aromatic carbocycles. The van der Waals surface area contributed by atoms with Crippen molar-refractivity contribution in [1.29, 1.82) is 5.26 Å². The lowest BCUT2D eigenvalue weighted by Crippen LogP contribution is -2.21. The van der Waals surface area contributed by atoms with Crippen molar-refractivity contribution in [1.82, 2.24) is 4.90 Å². The predicted octanol–water partition coefficient (Wildman–Crippen LogP) is 0.800. The van der Waals surface area contributed by atoms with E-state index >= 15 is 0 Å². The average molecular weight is 202 g/mol. The summed E-state index contributed by atoms with van der Waals surface area (Å²) in [7, 11) is 0. The number of benzene rings is 1. The highest BCUT2D eigenvalue weighted by Gasteiger charge is 2.38. The largest absolute Gasteiger partial charge is 0.484 e. The van der Waals surface area contributed by atoms with Crippen molar-refractivity contribution < 1.29 is 9.53 Å². The van der Waals surface area contributed by atoms with Gasteiger partial charge < -0.3 is 9.64 Å². The summed E-state index contributed by atoms with van der Waals surface area (Å²) in [4.78, 5) is 12.9. The van der Waals surface area contributed by atoms with Crippen molar-refractivity contribution in [2.24, 2.45) is 0 Å². The molecule has 0 spiro atoms. The lowest BCUT2D eigenvalue weighted by molar-refractivity contribution is -0.128. The Balaban J connectivity index is 1.80. The minimum Gasteiger partial charge on any atom is -0.484 e. The Labute approximate surface area is 87.7 Å². The molecule has 1 fully saturated rings. The fourth-order valence-electron chi connectivity index (χ4n) is 1.27. The molecule has 1 unspecified atom stereocenters. The molecule has 0 N–H and O–H groups in total. The molecule has 1 heterocycles. The van der Waals surface area contributed by atoms with Crippen LogP contribution >= 0.6 is 0 Å². The number of nitrogens with zero attached hydrogens (tertiary/aromatic N) is 2. The maximum Gasteiger partial charge on any atom is 0.261 e. The summed E-state index contributed by atoms with van der Waals surface area (Å²) in [5.74, 6) is 0.534. The molecule has 1 aliphatic heterocycles. The van der Waals surface area contributed by atoms with E-state index in [0.717, 1.165) is 0 Å². The first kappa shape index (κ1) is 9.53. The van der Waals surface area contributed by atoms with E-state index in [1.54, 1.807) is 12.1 Å². The van der Waals surface area contributed by atoms with E-state index in [-0.39, 0.29) is 18.6 Å². The van der Waals surface area contributed by atoms with Gasteiger partial charge in [-0.2, -0.15) is 5.26 Å². The fourth-order valence-corrected chi connectivity index (χ4v) is 1.27. The zero-order chi connectivity index (χ0) is 10.7. The molecule has 0 aromatic heterocycles. The van der Waals surface area contributed by atoms with Gasteiger partial charge >= 0.3 is 0 Å². The summed E-state index contributed by atoms with van der Waals surface area (Å²) in [6.45, 7) is 0.537. The molecule has 0 bridgehead atoms. The number of ether oxygens (including phenoxy) is 1. The van der Waals surface area contributed by atoms with Crippen LogP contribution in [0.5, 0.6) is 5.75 Å². The van der Waals surface area contributed by atoms with Crippen LogP contribution in [0.2, 0.25) is 0 Å². The van der Waals surface area contributed by atoms with Gasteiger partial charge in [-0.25, -0.2) is 0 Å². The molecule has 1 amide bonds. The second-order valence-corrected chi connectivity index (χ2v) is 3.29. The molecular weight excluding hydrogens is 192 g/mol. The van der Waals surface area contributed by atoms with E-state index in [2.05, 4.69) is 0 Å². The number of nitriles is 1. The summed E-state index contributed by atoms with van der Waals surface area (Å²) in [5, 5.41) is 8.53. The van der Waals surface area contributed by atoms with Crippen molar-refractivity contribution in [2.75, 3.05) is 13.2 Å². The molecule has 4 heteroatoms. The number of hydrogen-bond donors (Lipinski definition) is 0. The van der Waals surface area contributed by atoms with E-state index in [1.165, 1.54) is 4.90 Å². The van der Waals surface area contributed by atoms with Crippen molar-refractivity contribution in [3.05, 3.63) is 30.3 Å². The molecule has 2 rings (SSSR count). The van der Waals surface area contributed by atoms with Gasteiger partial charge in [0, 0.05) is 0 Å². The molecule has 1 saturated heterocycles. The van der Waals surface area contributed by atoms with Gasteiger partial charge in [-0.3, -0.25) is 4.79 Å². The normalized spacial score (nSPS) is 18.1. The summed E-state index contributed by atoms with van der Waals surface area (Å²) >= 11 is 0. The van der Waals surface area contributed by atoms with Gasteiger partial charge in [0.05, 0.1) is 12.6 Å². The van der Waals surface area contributed by atoms with Crippen molar-refractivity contribution in [3.8, 4) is 11.8 Å².